The standard InChI is InChI=1S/C22H27ClN2O3/c1-4-20(22(27)24-5-2)25(14-17-9-7-6-8-10-17)21(26)15-28-18-11-12-19(23)16(3)13-18/h6-13,20H,4-5,14-15H2,1-3H3,(H,24,27)/t20-/m0/s1. The molecule has 0 unspecified atom stereocenters. The molecule has 2 aromatic carbocycles. The zero-order valence-electron chi connectivity index (χ0n) is 16.6. The van der Waals surface area contributed by atoms with Crippen LogP contribution in [0.1, 0.15) is 31.4 Å². The molecule has 2 aromatic rings. The van der Waals surface area contributed by atoms with Gasteiger partial charge in [-0.15, -0.1) is 0 Å². The summed E-state index contributed by atoms with van der Waals surface area (Å²) in [6, 6.07) is 14.3. The molecular formula is C22H27ClN2O3. The highest BCUT2D eigenvalue weighted by Crippen LogP contribution is 2.21. The molecule has 0 aliphatic carbocycles. The number of rotatable bonds is 9. The number of hydrogen-bond acceptors (Lipinski definition) is 3. The van der Waals surface area contributed by atoms with Crippen LogP contribution in [0.4, 0.5) is 0 Å². The van der Waals surface area contributed by atoms with Crippen LogP contribution in [-0.2, 0) is 16.1 Å². The Morgan fingerprint density at radius 1 is 1.14 bits per heavy atom. The molecule has 0 spiro atoms. The maximum Gasteiger partial charge on any atom is 0.261 e. The number of carbonyl (C=O) groups excluding carboxylic acids is 2. The number of halogens is 1. The molecule has 0 aliphatic heterocycles. The fourth-order valence-electron chi connectivity index (χ4n) is 2.93. The Labute approximate surface area is 171 Å². The number of likely N-dealkylation sites (N-methyl/N-ethyl adjacent to an activating group) is 1. The number of benzene rings is 2. The number of carbonyl (C=O) groups is 2. The maximum atomic E-state index is 13.0. The molecule has 5 nitrogen and oxygen atoms in total. The van der Waals surface area contributed by atoms with Crippen molar-refractivity contribution >= 4 is 23.4 Å². The molecule has 0 saturated carbocycles. The van der Waals surface area contributed by atoms with Crippen LogP contribution in [-0.4, -0.2) is 35.9 Å². The van der Waals surface area contributed by atoms with Crippen molar-refractivity contribution in [2.75, 3.05) is 13.2 Å². The first-order valence-electron chi connectivity index (χ1n) is 9.46. The minimum Gasteiger partial charge on any atom is -0.484 e. The highest BCUT2D eigenvalue weighted by atomic mass is 35.5. The fourth-order valence-corrected chi connectivity index (χ4v) is 3.04. The molecule has 2 amide bonds. The first-order chi connectivity index (χ1) is 13.5. The molecule has 1 atom stereocenters. The Morgan fingerprint density at radius 3 is 2.46 bits per heavy atom. The lowest BCUT2D eigenvalue weighted by Gasteiger charge is -2.30. The number of nitrogens with one attached hydrogen (secondary N) is 1. The Bertz CT molecular complexity index is 796. The van der Waals surface area contributed by atoms with Crippen LogP contribution in [0.15, 0.2) is 48.5 Å². The molecule has 0 saturated heterocycles. The van der Waals surface area contributed by atoms with Crippen molar-refractivity contribution in [3.05, 3.63) is 64.7 Å². The topological polar surface area (TPSA) is 58.6 Å². The van der Waals surface area contributed by atoms with Gasteiger partial charge in [0.15, 0.2) is 6.61 Å². The molecule has 1 N–H and O–H groups in total. The Hall–Kier alpha value is -2.53. The van der Waals surface area contributed by atoms with Gasteiger partial charge in [-0.3, -0.25) is 9.59 Å². The van der Waals surface area contributed by atoms with E-state index in [1.165, 1.54) is 0 Å². The first-order valence-corrected chi connectivity index (χ1v) is 9.84. The summed E-state index contributed by atoms with van der Waals surface area (Å²) in [5, 5.41) is 3.46. The smallest absolute Gasteiger partial charge is 0.261 e. The Kier molecular flexibility index (Phi) is 8.33. The normalized spacial score (nSPS) is 11.6. The lowest BCUT2D eigenvalue weighted by molar-refractivity contribution is -0.142. The van der Waals surface area contributed by atoms with Crippen LogP contribution >= 0.6 is 11.6 Å². The average molecular weight is 403 g/mol. The fraction of sp³-hybridized carbons (Fsp3) is 0.364. The summed E-state index contributed by atoms with van der Waals surface area (Å²) in [5.41, 5.74) is 1.84. The number of nitrogens with zero attached hydrogens (tertiary/aromatic N) is 1. The average Bonchev–Trinajstić information content (AvgIpc) is 2.69. The highest BCUT2D eigenvalue weighted by molar-refractivity contribution is 6.31. The van der Waals surface area contributed by atoms with Crippen LogP contribution in [0.5, 0.6) is 5.75 Å². The van der Waals surface area contributed by atoms with Crippen LogP contribution < -0.4 is 10.1 Å². The van der Waals surface area contributed by atoms with E-state index in [2.05, 4.69) is 5.32 Å². The van der Waals surface area contributed by atoms with Gasteiger partial charge in [0.25, 0.3) is 5.91 Å². The summed E-state index contributed by atoms with van der Waals surface area (Å²) in [6.07, 6.45) is 0.518. The monoisotopic (exact) mass is 402 g/mol. The van der Waals surface area contributed by atoms with Crippen molar-refractivity contribution in [1.82, 2.24) is 10.2 Å². The third kappa shape index (κ3) is 5.99. The predicted molar refractivity (Wildman–Crippen MR) is 111 cm³/mol. The SMILES string of the molecule is CCNC(=O)[C@H](CC)N(Cc1ccccc1)C(=O)COc1ccc(Cl)c(C)c1. The quantitative estimate of drug-likeness (QED) is 0.690. The maximum absolute atomic E-state index is 13.0. The van der Waals surface area contributed by atoms with Crippen molar-refractivity contribution in [2.24, 2.45) is 0 Å². The van der Waals surface area contributed by atoms with E-state index in [1.54, 1.807) is 23.1 Å². The van der Waals surface area contributed by atoms with Crippen molar-refractivity contribution in [3.63, 3.8) is 0 Å². The van der Waals surface area contributed by atoms with Gasteiger partial charge in [-0.1, -0.05) is 48.9 Å². The molecule has 2 rings (SSSR count). The number of hydrogen-bond donors (Lipinski definition) is 1. The third-order valence-electron chi connectivity index (χ3n) is 4.42. The molecule has 28 heavy (non-hydrogen) atoms. The summed E-state index contributed by atoms with van der Waals surface area (Å²) >= 11 is 6.03. The van der Waals surface area contributed by atoms with Gasteiger partial charge in [0.2, 0.25) is 5.91 Å². The van der Waals surface area contributed by atoms with E-state index in [0.29, 0.717) is 30.3 Å². The molecule has 0 aliphatic rings. The summed E-state index contributed by atoms with van der Waals surface area (Å²) in [6.45, 7) is 6.35. The van der Waals surface area contributed by atoms with Gasteiger partial charge in [0, 0.05) is 18.1 Å². The van der Waals surface area contributed by atoms with Crippen LogP contribution in [0.2, 0.25) is 5.02 Å². The summed E-state index contributed by atoms with van der Waals surface area (Å²) in [7, 11) is 0. The number of aryl methyl sites for hydroxylation is 1. The van der Waals surface area contributed by atoms with Gasteiger partial charge >= 0.3 is 0 Å². The molecule has 0 bridgehead atoms. The van der Waals surface area contributed by atoms with Gasteiger partial charge in [-0.2, -0.15) is 0 Å². The lowest BCUT2D eigenvalue weighted by atomic mass is 10.1. The van der Waals surface area contributed by atoms with E-state index in [9.17, 15) is 9.59 Å². The Balaban J connectivity index is 2.17. The van der Waals surface area contributed by atoms with Gasteiger partial charge in [0.05, 0.1) is 0 Å². The molecular weight excluding hydrogens is 376 g/mol. The molecule has 0 heterocycles. The molecule has 6 heteroatoms. The zero-order valence-corrected chi connectivity index (χ0v) is 17.3. The number of amides is 2. The molecule has 0 radical (unpaired) electrons. The van der Waals surface area contributed by atoms with Crippen LogP contribution in [0.25, 0.3) is 0 Å². The lowest BCUT2D eigenvalue weighted by Crippen LogP contribution is -2.50. The summed E-state index contributed by atoms with van der Waals surface area (Å²) in [4.78, 5) is 27.1. The van der Waals surface area contributed by atoms with E-state index in [0.717, 1.165) is 11.1 Å². The second-order valence-electron chi connectivity index (χ2n) is 6.53. The predicted octanol–water partition coefficient (Wildman–Crippen LogP) is 3.97. The molecule has 0 fully saturated rings. The van der Waals surface area contributed by atoms with E-state index < -0.39 is 6.04 Å². The van der Waals surface area contributed by atoms with Gasteiger partial charge in [-0.25, -0.2) is 0 Å². The third-order valence-corrected chi connectivity index (χ3v) is 4.85. The first kappa shape index (κ1) is 21.8. The van der Waals surface area contributed by atoms with E-state index in [1.807, 2.05) is 51.1 Å². The van der Waals surface area contributed by atoms with E-state index >= 15 is 0 Å². The molecule has 150 valence electrons. The van der Waals surface area contributed by atoms with Crippen LogP contribution in [0.3, 0.4) is 0 Å². The van der Waals surface area contributed by atoms with Crippen molar-refractivity contribution in [1.29, 1.82) is 0 Å². The minimum atomic E-state index is -0.553. The number of ether oxygens (including phenoxy) is 1. The second-order valence-corrected chi connectivity index (χ2v) is 6.93. The minimum absolute atomic E-state index is 0.149. The Morgan fingerprint density at radius 2 is 1.86 bits per heavy atom. The molecule has 0 aromatic heterocycles. The van der Waals surface area contributed by atoms with E-state index in [4.69, 9.17) is 16.3 Å². The summed E-state index contributed by atoms with van der Waals surface area (Å²) < 4.78 is 5.68. The van der Waals surface area contributed by atoms with Gasteiger partial charge in [-0.05, 0) is 49.6 Å². The zero-order chi connectivity index (χ0) is 20.5. The van der Waals surface area contributed by atoms with Crippen molar-refractivity contribution in [3.8, 4) is 5.75 Å². The second kappa shape index (κ2) is 10.7. The largest absolute Gasteiger partial charge is 0.484 e. The summed E-state index contributed by atoms with van der Waals surface area (Å²) in [5.74, 6) is 0.173. The van der Waals surface area contributed by atoms with Gasteiger partial charge in [0.1, 0.15) is 11.8 Å². The van der Waals surface area contributed by atoms with Gasteiger partial charge < -0.3 is 15.0 Å². The van der Waals surface area contributed by atoms with Crippen molar-refractivity contribution in [2.45, 2.75) is 39.8 Å². The highest BCUT2D eigenvalue weighted by Gasteiger charge is 2.28. The van der Waals surface area contributed by atoms with Crippen LogP contribution in [0, 0.1) is 6.92 Å². The van der Waals surface area contributed by atoms with E-state index in [-0.39, 0.29) is 18.4 Å². The van der Waals surface area contributed by atoms with Crippen molar-refractivity contribution < 1.29 is 14.3 Å².